The van der Waals surface area contributed by atoms with Gasteiger partial charge in [-0.2, -0.15) is 0 Å². The van der Waals surface area contributed by atoms with E-state index in [9.17, 15) is 17.6 Å². The Hall–Kier alpha value is -2.55. The standard InChI is InChI=1S/C20H19FN2O3S2/c1-2-14-5-8-16(9-6-14)23-20(24)15-7-10-18(21)19(12-15)28(25,26)22-13-17-4-3-11-27-17/h3-12,22H,2,13H2,1H3,(H,23,24). The number of nitrogens with one attached hydrogen (secondary N) is 2. The zero-order chi connectivity index (χ0) is 20.1. The fraction of sp³-hybridized carbons (Fsp3) is 0.150. The molecule has 1 heterocycles. The van der Waals surface area contributed by atoms with E-state index in [-0.39, 0.29) is 12.1 Å². The highest BCUT2D eigenvalue weighted by atomic mass is 32.2. The molecule has 0 saturated heterocycles. The van der Waals surface area contributed by atoms with E-state index in [4.69, 9.17) is 0 Å². The van der Waals surface area contributed by atoms with Crippen molar-refractivity contribution in [3.8, 4) is 0 Å². The highest BCUT2D eigenvalue weighted by Gasteiger charge is 2.21. The van der Waals surface area contributed by atoms with Crippen LogP contribution in [0.25, 0.3) is 0 Å². The summed E-state index contributed by atoms with van der Waals surface area (Å²) in [5, 5.41) is 4.51. The van der Waals surface area contributed by atoms with Crippen LogP contribution in [-0.2, 0) is 23.0 Å². The van der Waals surface area contributed by atoms with Gasteiger partial charge in [-0.1, -0.05) is 25.1 Å². The largest absolute Gasteiger partial charge is 0.322 e. The molecule has 0 aliphatic rings. The van der Waals surface area contributed by atoms with Crippen LogP contribution in [-0.4, -0.2) is 14.3 Å². The van der Waals surface area contributed by atoms with Gasteiger partial charge in [-0.25, -0.2) is 17.5 Å². The van der Waals surface area contributed by atoms with Gasteiger partial charge < -0.3 is 5.32 Å². The predicted octanol–water partition coefficient (Wildman–Crippen LogP) is 4.18. The van der Waals surface area contributed by atoms with Crippen LogP contribution in [0.15, 0.2) is 64.9 Å². The maximum atomic E-state index is 14.2. The third kappa shape index (κ3) is 4.83. The number of hydrogen-bond donors (Lipinski definition) is 2. The second-order valence-corrected chi connectivity index (χ2v) is 8.82. The highest BCUT2D eigenvalue weighted by Crippen LogP contribution is 2.19. The molecule has 0 fully saturated rings. The van der Waals surface area contributed by atoms with E-state index in [1.54, 1.807) is 24.3 Å². The van der Waals surface area contributed by atoms with Crippen LogP contribution in [0.4, 0.5) is 10.1 Å². The normalized spacial score (nSPS) is 11.4. The van der Waals surface area contributed by atoms with Gasteiger partial charge in [-0.05, 0) is 53.8 Å². The fourth-order valence-corrected chi connectivity index (χ4v) is 4.38. The van der Waals surface area contributed by atoms with Gasteiger partial charge in [0, 0.05) is 22.7 Å². The highest BCUT2D eigenvalue weighted by molar-refractivity contribution is 7.89. The van der Waals surface area contributed by atoms with E-state index >= 15 is 0 Å². The first-order valence-electron chi connectivity index (χ1n) is 8.61. The molecule has 3 rings (SSSR count). The van der Waals surface area contributed by atoms with Crippen molar-refractivity contribution in [2.45, 2.75) is 24.8 Å². The zero-order valence-corrected chi connectivity index (χ0v) is 16.7. The lowest BCUT2D eigenvalue weighted by atomic mass is 10.1. The molecule has 0 aliphatic carbocycles. The summed E-state index contributed by atoms with van der Waals surface area (Å²) >= 11 is 1.39. The monoisotopic (exact) mass is 418 g/mol. The van der Waals surface area contributed by atoms with Gasteiger partial charge in [0.1, 0.15) is 10.7 Å². The average Bonchev–Trinajstić information content (AvgIpc) is 3.21. The van der Waals surface area contributed by atoms with E-state index in [1.807, 2.05) is 24.4 Å². The maximum absolute atomic E-state index is 14.2. The number of amides is 1. The van der Waals surface area contributed by atoms with Crippen LogP contribution in [0.5, 0.6) is 0 Å². The Labute approximate surface area is 167 Å². The van der Waals surface area contributed by atoms with Crippen molar-refractivity contribution in [1.29, 1.82) is 0 Å². The molecule has 2 N–H and O–H groups in total. The Kier molecular flexibility index (Phi) is 6.23. The molecule has 0 unspecified atom stereocenters. The number of hydrogen-bond acceptors (Lipinski definition) is 4. The van der Waals surface area contributed by atoms with Crippen molar-refractivity contribution in [1.82, 2.24) is 4.72 Å². The van der Waals surface area contributed by atoms with Gasteiger partial charge in [0.2, 0.25) is 10.0 Å². The summed E-state index contributed by atoms with van der Waals surface area (Å²) in [4.78, 5) is 12.7. The number of carbonyl (C=O) groups excluding carboxylic acids is 1. The summed E-state index contributed by atoms with van der Waals surface area (Å²) in [6.45, 7) is 2.08. The first-order valence-corrected chi connectivity index (χ1v) is 11.0. The van der Waals surface area contributed by atoms with E-state index < -0.39 is 26.6 Å². The van der Waals surface area contributed by atoms with Gasteiger partial charge in [0.25, 0.3) is 5.91 Å². The molecule has 5 nitrogen and oxygen atoms in total. The van der Waals surface area contributed by atoms with E-state index in [1.165, 1.54) is 17.4 Å². The van der Waals surface area contributed by atoms with Crippen molar-refractivity contribution in [2.75, 3.05) is 5.32 Å². The SMILES string of the molecule is CCc1ccc(NC(=O)c2ccc(F)c(S(=O)(=O)NCc3cccs3)c2)cc1. The molecule has 8 heteroatoms. The number of thiophene rings is 1. The summed E-state index contributed by atoms with van der Waals surface area (Å²) in [6, 6.07) is 14.2. The molecule has 2 aromatic carbocycles. The van der Waals surface area contributed by atoms with Crippen molar-refractivity contribution in [2.24, 2.45) is 0 Å². The number of rotatable bonds is 7. The van der Waals surface area contributed by atoms with Gasteiger partial charge in [-0.15, -0.1) is 11.3 Å². The van der Waals surface area contributed by atoms with Crippen LogP contribution in [0.2, 0.25) is 0 Å². The van der Waals surface area contributed by atoms with Crippen LogP contribution >= 0.6 is 11.3 Å². The minimum absolute atomic E-state index is 0.0532. The number of aryl methyl sites for hydroxylation is 1. The summed E-state index contributed by atoms with van der Waals surface area (Å²) in [6.07, 6.45) is 0.881. The quantitative estimate of drug-likeness (QED) is 0.604. The molecule has 0 bridgehead atoms. The Balaban J connectivity index is 1.78. The van der Waals surface area contributed by atoms with Gasteiger partial charge in [-0.3, -0.25) is 4.79 Å². The number of carbonyl (C=O) groups is 1. The minimum atomic E-state index is -4.10. The zero-order valence-electron chi connectivity index (χ0n) is 15.1. The van der Waals surface area contributed by atoms with Crippen LogP contribution < -0.4 is 10.0 Å². The molecular formula is C20H19FN2O3S2. The lowest BCUT2D eigenvalue weighted by Crippen LogP contribution is -2.24. The molecule has 3 aromatic rings. The maximum Gasteiger partial charge on any atom is 0.255 e. The van der Waals surface area contributed by atoms with E-state index in [0.29, 0.717) is 5.69 Å². The molecule has 0 saturated carbocycles. The van der Waals surface area contributed by atoms with Crippen molar-refractivity contribution in [3.63, 3.8) is 0 Å². The molecule has 146 valence electrons. The van der Waals surface area contributed by atoms with Gasteiger partial charge >= 0.3 is 0 Å². The van der Waals surface area contributed by atoms with E-state index in [0.717, 1.165) is 29.0 Å². The number of halogens is 1. The third-order valence-corrected chi connectivity index (χ3v) is 6.41. The van der Waals surface area contributed by atoms with Crippen molar-refractivity contribution >= 4 is 33.0 Å². The van der Waals surface area contributed by atoms with Gasteiger partial charge in [0.15, 0.2) is 0 Å². The molecule has 1 amide bonds. The second kappa shape index (κ2) is 8.64. The third-order valence-electron chi connectivity index (χ3n) is 4.12. The predicted molar refractivity (Wildman–Crippen MR) is 109 cm³/mol. The van der Waals surface area contributed by atoms with Crippen molar-refractivity contribution in [3.05, 3.63) is 81.8 Å². The molecule has 1 aromatic heterocycles. The first kappa shape index (κ1) is 20.2. The smallest absolute Gasteiger partial charge is 0.255 e. The van der Waals surface area contributed by atoms with Crippen LogP contribution in [0, 0.1) is 5.82 Å². The molecular weight excluding hydrogens is 399 g/mol. The Bertz CT molecular complexity index is 1060. The Morgan fingerprint density at radius 3 is 2.50 bits per heavy atom. The molecule has 0 atom stereocenters. The average molecular weight is 419 g/mol. The topological polar surface area (TPSA) is 75.3 Å². The number of anilines is 1. The molecule has 0 aliphatic heterocycles. The summed E-state index contributed by atoms with van der Waals surface area (Å²) < 4.78 is 41.5. The minimum Gasteiger partial charge on any atom is -0.322 e. The summed E-state index contributed by atoms with van der Waals surface area (Å²) in [5.74, 6) is -1.43. The summed E-state index contributed by atoms with van der Waals surface area (Å²) in [5.41, 5.74) is 1.76. The number of benzene rings is 2. The lowest BCUT2D eigenvalue weighted by Gasteiger charge is -2.10. The second-order valence-electron chi connectivity index (χ2n) is 6.05. The Morgan fingerprint density at radius 2 is 1.86 bits per heavy atom. The van der Waals surface area contributed by atoms with Crippen LogP contribution in [0.3, 0.4) is 0 Å². The van der Waals surface area contributed by atoms with E-state index in [2.05, 4.69) is 10.0 Å². The number of sulfonamides is 1. The lowest BCUT2D eigenvalue weighted by molar-refractivity contribution is 0.102. The summed E-state index contributed by atoms with van der Waals surface area (Å²) in [7, 11) is -4.10. The molecule has 0 spiro atoms. The van der Waals surface area contributed by atoms with Crippen molar-refractivity contribution < 1.29 is 17.6 Å². The molecule has 28 heavy (non-hydrogen) atoms. The first-order chi connectivity index (χ1) is 13.4. The van der Waals surface area contributed by atoms with Gasteiger partial charge in [0.05, 0.1) is 0 Å². The molecule has 0 radical (unpaired) electrons. The Morgan fingerprint density at radius 1 is 1.11 bits per heavy atom. The fourth-order valence-electron chi connectivity index (χ4n) is 2.53. The van der Waals surface area contributed by atoms with Crippen LogP contribution in [0.1, 0.15) is 27.7 Å².